The molecule has 1 aliphatic heterocycles. The number of carbonyl (C=O) groups excluding carboxylic acids is 1. The van der Waals surface area contributed by atoms with E-state index >= 15 is 0 Å². The van der Waals surface area contributed by atoms with Gasteiger partial charge in [0.25, 0.3) is 0 Å². The van der Waals surface area contributed by atoms with Gasteiger partial charge in [0, 0.05) is 12.3 Å². The number of nitrogens with one attached hydrogen (secondary N) is 2. The van der Waals surface area contributed by atoms with Gasteiger partial charge in [-0.25, -0.2) is 9.18 Å². The third-order valence-electron chi connectivity index (χ3n) is 2.87. The zero-order chi connectivity index (χ0) is 14.5. The van der Waals surface area contributed by atoms with E-state index in [0.717, 1.165) is 12.5 Å². The van der Waals surface area contributed by atoms with Gasteiger partial charge < -0.3 is 26.3 Å². The minimum absolute atomic E-state index is 0.0287. The summed E-state index contributed by atoms with van der Waals surface area (Å²) in [7, 11) is 0. The average molecular weight is 282 g/mol. The Morgan fingerprint density at radius 3 is 3.00 bits per heavy atom. The lowest BCUT2D eigenvalue weighted by Gasteiger charge is -2.12. The number of hydrogen-bond donors (Lipinski definition) is 4. The van der Waals surface area contributed by atoms with Crippen LogP contribution in [0.15, 0.2) is 23.4 Å². The SMILES string of the molecule is N/C(=N/O)c1cc(NC(=O)NC2CCOC2)ccc1F. The van der Waals surface area contributed by atoms with Crippen LogP contribution in [-0.2, 0) is 4.74 Å². The van der Waals surface area contributed by atoms with E-state index in [-0.39, 0.29) is 17.4 Å². The first-order chi connectivity index (χ1) is 9.60. The van der Waals surface area contributed by atoms with E-state index in [2.05, 4.69) is 15.8 Å². The summed E-state index contributed by atoms with van der Waals surface area (Å²) in [4.78, 5) is 11.7. The van der Waals surface area contributed by atoms with Crippen LogP contribution in [0.4, 0.5) is 14.9 Å². The number of rotatable bonds is 3. The Kier molecular flexibility index (Phi) is 4.36. The summed E-state index contributed by atoms with van der Waals surface area (Å²) < 4.78 is 18.6. The van der Waals surface area contributed by atoms with Crippen molar-refractivity contribution in [3.8, 4) is 0 Å². The minimum Gasteiger partial charge on any atom is -0.409 e. The van der Waals surface area contributed by atoms with Crippen LogP contribution in [0.3, 0.4) is 0 Å². The second kappa shape index (κ2) is 6.20. The van der Waals surface area contributed by atoms with Crippen molar-refractivity contribution in [3.05, 3.63) is 29.6 Å². The molecule has 20 heavy (non-hydrogen) atoms. The van der Waals surface area contributed by atoms with Crippen molar-refractivity contribution in [2.24, 2.45) is 10.9 Å². The van der Waals surface area contributed by atoms with Gasteiger partial charge in [-0.2, -0.15) is 0 Å². The minimum atomic E-state index is -0.643. The molecule has 1 aromatic rings. The third kappa shape index (κ3) is 3.35. The van der Waals surface area contributed by atoms with E-state index in [1.807, 2.05) is 0 Å². The van der Waals surface area contributed by atoms with Crippen molar-refractivity contribution < 1.29 is 19.1 Å². The molecule has 1 atom stereocenters. The molecule has 5 N–H and O–H groups in total. The smallest absolute Gasteiger partial charge is 0.319 e. The van der Waals surface area contributed by atoms with Crippen molar-refractivity contribution in [2.45, 2.75) is 12.5 Å². The summed E-state index contributed by atoms with van der Waals surface area (Å²) in [6, 6.07) is 3.35. The van der Waals surface area contributed by atoms with Gasteiger partial charge in [-0.1, -0.05) is 5.16 Å². The molecule has 0 spiro atoms. The summed E-state index contributed by atoms with van der Waals surface area (Å²) >= 11 is 0. The molecular formula is C12H15FN4O3. The molecule has 8 heteroatoms. The number of carbonyl (C=O) groups is 1. The molecule has 2 rings (SSSR count). The number of amidine groups is 1. The second-order valence-corrected chi connectivity index (χ2v) is 4.34. The van der Waals surface area contributed by atoms with Gasteiger partial charge in [0.15, 0.2) is 5.84 Å². The number of halogens is 1. The summed E-state index contributed by atoms with van der Waals surface area (Å²) in [6.07, 6.45) is 0.756. The van der Waals surface area contributed by atoms with Crippen LogP contribution in [-0.4, -0.2) is 36.3 Å². The molecule has 1 aromatic carbocycles. The molecule has 1 aliphatic rings. The van der Waals surface area contributed by atoms with Crippen molar-refractivity contribution in [1.29, 1.82) is 0 Å². The maximum atomic E-state index is 13.5. The normalized spacial score (nSPS) is 18.9. The van der Waals surface area contributed by atoms with E-state index < -0.39 is 11.8 Å². The Hall–Kier alpha value is -2.35. The topological polar surface area (TPSA) is 109 Å². The number of urea groups is 1. The van der Waals surface area contributed by atoms with Gasteiger partial charge in [-0.3, -0.25) is 0 Å². The molecular weight excluding hydrogens is 267 g/mol. The zero-order valence-electron chi connectivity index (χ0n) is 10.6. The van der Waals surface area contributed by atoms with E-state index in [1.165, 1.54) is 12.1 Å². The molecule has 0 aliphatic carbocycles. The first-order valence-corrected chi connectivity index (χ1v) is 6.03. The number of anilines is 1. The largest absolute Gasteiger partial charge is 0.409 e. The fourth-order valence-electron chi connectivity index (χ4n) is 1.85. The Morgan fingerprint density at radius 1 is 1.55 bits per heavy atom. The number of nitrogens with zero attached hydrogens (tertiary/aromatic N) is 1. The van der Waals surface area contributed by atoms with E-state index in [1.54, 1.807) is 0 Å². The first kappa shape index (κ1) is 14.1. The number of oxime groups is 1. The maximum Gasteiger partial charge on any atom is 0.319 e. The van der Waals surface area contributed by atoms with E-state index in [9.17, 15) is 9.18 Å². The molecule has 1 unspecified atom stereocenters. The quantitative estimate of drug-likeness (QED) is 0.285. The van der Waals surface area contributed by atoms with Gasteiger partial charge >= 0.3 is 6.03 Å². The van der Waals surface area contributed by atoms with Gasteiger partial charge in [0.05, 0.1) is 18.2 Å². The second-order valence-electron chi connectivity index (χ2n) is 4.34. The fraction of sp³-hybridized carbons (Fsp3) is 0.333. The highest BCUT2D eigenvalue weighted by Gasteiger charge is 2.18. The predicted octanol–water partition coefficient (Wildman–Crippen LogP) is 0.831. The summed E-state index contributed by atoms with van der Waals surface area (Å²) in [5.41, 5.74) is 5.59. The number of benzene rings is 1. The molecule has 108 valence electrons. The summed E-state index contributed by atoms with van der Waals surface area (Å²) in [6.45, 7) is 1.10. The van der Waals surface area contributed by atoms with Crippen LogP contribution in [0.2, 0.25) is 0 Å². The van der Waals surface area contributed by atoms with Crippen molar-refractivity contribution >= 4 is 17.6 Å². The summed E-state index contributed by atoms with van der Waals surface area (Å²) in [5.74, 6) is -1.01. The van der Waals surface area contributed by atoms with Crippen LogP contribution in [0.1, 0.15) is 12.0 Å². The van der Waals surface area contributed by atoms with Crippen LogP contribution >= 0.6 is 0 Å². The molecule has 0 radical (unpaired) electrons. The molecule has 2 amide bonds. The van der Waals surface area contributed by atoms with Gasteiger partial charge in [-0.05, 0) is 24.6 Å². The lowest BCUT2D eigenvalue weighted by molar-refractivity contribution is 0.189. The van der Waals surface area contributed by atoms with Gasteiger partial charge in [-0.15, -0.1) is 0 Å². The Morgan fingerprint density at radius 2 is 2.35 bits per heavy atom. The van der Waals surface area contributed by atoms with E-state index in [0.29, 0.717) is 18.9 Å². The molecule has 1 fully saturated rings. The maximum absolute atomic E-state index is 13.5. The molecule has 1 heterocycles. The molecule has 1 saturated heterocycles. The highest BCUT2D eigenvalue weighted by atomic mass is 19.1. The Labute approximate surface area is 114 Å². The lowest BCUT2D eigenvalue weighted by atomic mass is 10.1. The highest BCUT2D eigenvalue weighted by Crippen LogP contribution is 2.15. The van der Waals surface area contributed by atoms with Gasteiger partial charge in [0.1, 0.15) is 5.82 Å². The van der Waals surface area contributed by atoms with Crippen molar-refractivity contribution in [3.63, 3.8) is 0 Å². The molecule has 0 bridgehead atoms. The average Bonchev–Trinajstić information content (AvgIpc) is 2.92. The van der Waals surface area contributed by atoms with Crippen molar-refractivity contribution in [1.82, 2.24) is 5.32 Å². The first-order valence-electron chi connectivity index (χ1n) is 6.03. The van der Waals surface area contributed by atoms with Crippen LogP contribution < -0.4 is 16.4 Å². The van der Waals surface area contributed by atoms with Crippen LogP contribution in [0.5, 0.6) is 0 Å². The monoisotopic (exact) mass is 282 g/mol. The van der Waals surface area contributed by atoms with Crippen LogP contribution in [0.25, 0.3) is 0 Å². The number of nitrogens with two attached hydrogens (primary N) is 1. The predicted molar refractivity (Wildman–Crippen MR) is 70.3 cm³/mol. The molecule has 7 nitrogen and oxygen atoms in total. The van der Waals surface area contributed by atoms with Crippen LogP contribution in [0, 0.1) is 5.82 Å². The molecule has 0 saturated carbocycles. The number of amides is 2. The lowest BCUT2D eigenvalue weighted by Crippen LogP contribution is -2.38. The number of hydrogen-bond acceptors (Lipinski definition) is 4. The van der Waals surface area contributed by atoms with Crippen molar-refractivity contribution in [2.75, 3.05) is 18.5 Å². The van der Waals surface area contributed by atoms with E-state index in [4.69, 9.17) is 15.7 Å². The Bertz CT molecular complexity index is 529. The Balaban J connectivity index is 2.03. The highest BCUT2D eigenvalue weighted by molar-refractivity contribution is 5.99. The standard InChI is InChI=1S/C12H15FN4O3/c13-10-2-1-7(5-9(10)11(14)17-19)15-12(18)16-8-3-4-20-6-8/h1-2,5,8,19H,3-4,6H2,(H2,14,17)(H2,15,16,18). The zero-order valence-corrected chi connectivity index (χ0v) is 10.6. The molecule has 0 aromatic heterocycles. The third-order valence-corrected chi connectivity index (χ3v) is 2.87. The number of ether oxygens (including phenoxy) is 1. The van der Waals surface area contributed by atoms with Gasteiger partial charge in [0.2, 0.25) is 0 Å². The summed E-state index contributed by atoms with van der Waals surface area (Å²) in [5, 5.41) is 16.6. The fourth-order valence-corrected chi connectivity index (χ4v) is 1.85.